The van der Waals surface area contributed by atoms with Gasteiger partial charge in [0.15, 0.2) is 17.5 Å². The van der Waals surface area contributed by atoms with Crippen molar-refractivity contribution in [1.29, 1.82) is 0 Å². The van der Waals surface area contributed by atoms with E-state index in [1.54, 1.807) is 6.07 Å². The van der Waals surface area contributed by atoms with E-state index in [0.29, 0.717) is 24.6 Å². The SMILES string of the molecule is CCNC(=NCc1ccc(O)c(F)c1)N(C)Cc1cnn(-c2ccccc2)c1.I. The summed E-state index contributed by atoms with van der Waals surface area (Å²) in [6, 6.07) is 14.2. The molecule has 1 heterocycles. The lowest BCUT2D eigenvalue weighted by Gasteiger charge is -2.21. The molecule has 0 aliphatic rings. The number of aromatic nitrogens is 2. The zero-order valence-electron chi connectivity index (χ0n) is 16.4. The van der Waals surface area contributed by atoms with Crippen molar-refractivity contribution in [2.45, 2.75) is 20.0 Å². The molecule has 0 aliphatic heterocycles. The van der Waals surface area contributed by atoms with Crippen LogP contribution in [0.25, 0.3) is 5.69 Å². The minimum absolute atomic E-state index is 0. The third-order valence-electron chi connectivity index (χ3n) is 4.20. The summed E-state index contributed by atoms with van der Waals surface area (Å²) in [5.74, 6) is -0.282. The summed E-state index contributed by atoms with van der Waals surface area (Å²) in [5.41, 5.74) is 2.75. The van der Waals surface area contributed by atoms with Crippen LogP contribution in [0.4, 0.5) is 4.39 Å². The van der Waals surface area contributed by atoms with Crippen molar-refractivity contribution in [3.05, 3.63) is 77.9 Å². The molecule has 0 saturated carbocycles. The van der Waals surface area contributed by atoms with Crippen molar-refractivity contribution in [2.75, 3.05) is 13.6 Å². The number of rotatable bonds is 6. The highest BCUT2D eigenvalue weighted by Gasteiger charge is 2.09. The van der Waals surface area contributed by atoms with Crippen LogP contribution >= 0.6 is 24.0 Å². The van der Waals surface area contributed by atoms with E-state index in [1.165, 1.54) is 12.1 Å². The number of hydrogen-bond donors (Lipinski definition) is 2. The summed E-state index contributed by atoms with van der Waals surface area (Å²) in [6.45, 7) is 3.66. The number of aromatic hydroxyl groups is 1. The van der Waals surface area contributed by atoms with Crippen molar-refractivity contribution >= 4 is 29.9 Å². The summed E-state index contributed by atoms with van der Waals surface area (Å²) in [7, 11) is 1.94. The highest BCUT2D eigenvalue weighted by molar-refractivity contribution is 14.0. The first kappa shape index (κ1) is 22.7. The molecule has 3 rings (SSSR count). The van der Waals surface area contributed by atoms with E-state index in [9.17, 15) is 9.50 Å². The normalized spacial score (nSPS) is 11.1. The summed E-state index contributed by atoms with van der Waals surface area (Å²) < 4.78 is 15.3. The summed E-state index contributed by atoms with van der Waals surface area (Å²) in [4.78, 5) is 6.56. The first-order chi connectivity index (χ1) is 13.6. The molecule has 1 aromatic heterocycles. The van der Waals surface area contributed by atoms with Gasteiger partial charge >= 0.3 is 0 Å². The maximum Gasteiger partial charge on any atom is 0.194 e. The van der Waals surface area contributed by atoms with Gasteiger partial charge in [-0.15, -0.1) is 24.0 Å². The number of halogens is 2. The molecule has 2 aromatic carbocycles. The van der Waals surface area contributed by atoms with Gasteiger partial charge in [-0.1, -0.05) is 24.3 Å². The zero-order valence-corrected chi connectivity index (χ0v) is 18.7. The number of para-hydroxylation sites is 1. The predicted octanol–water partition coefficient (Wildman–Crippen LogP) is 3.93. The highest BCUT2D eigenvalue weighted by atomic mass is 127. The van der Waals surface area contributed by atoms with Crippen LogP contribution in [-0.4, -0.2) is 39.3 Å². The fraction of sp³-hybridized carbons (Fsp3) is 0.238. The maximum absolute atomic E-state index is 13.5. The van der Waals surface area contributed by atoms with Crippen LogP contribution in [0.5, 0.6) is 5.75 Å². The second-order valence-corrected chi connectivity index (χ2v) is 6.44. The van der Waals surface area contributed by atoms with Crippen LogP contribution in [-0.2, 0) is 13.1 Å². The van der Waals surface area contributed by atoms with Gasteiger partial charge in [0.1, 0.15) is 0 Å². The molecule has 0 radical (unpaired) electrons. The van der Waals surface area contributed by atoms with Crippen molar-refractivity contribution in [1.82, 2.24) is 20.0 Å². The van der Waals surface area contributed by atoms with Gasteiger partial charge in [-0.2, -0.15) is 5.10 Å². The Balaban J connectivity index is 0.00000300. The molecule has 6 nitrogen and oxygen atoms in total. The van der Waals surface area contributed by atoms with Crippen LogP contribution < -0.4 is 5.32 Å². The van der Waals surface area contributed by atoms with Crippen LogP contribution in [0, 0.1) is 5.82 Å². The van der Waals surface area contributed by atoms with Crippen molar-refractivity contribution in [3.8, 4) is 11.4 Å². The Morgan fingerprint density at radius 1 is 1.21 bits per heavy atom. The van der Waals surface area contributed by atoms with E-state index >= 15 is 0 Å². The Kier molecular flexibility index (Phi) is 8.44. The molecule has 0 bridgehead atoms. The monoisotopic (exact) mass is 509 g/mol. The third kappa shape index (κ3) is 6.18. The van der Waals surface area contributed by atoms with Crippen LogP contribution in [0.15, 0.2) is 65.9 Å². The number of nitrogens with zero attached hydrogens (tertiary/aromatic N) is 4. The van der Waals surface area contributed by atoms with E-state index in [2.05, 4.69) is 15.4 Å². The smallest absolute Gasteiger partial charge is 0.194 e. The molecule has 0 amide bonds. The van der Waals surface area contributed by atoms with Gasteiger partial charge in [-0.3, -0.25) is 0 Å². The van der Waals surface area contributed by atoms with Crippen LogP contribution in [0.3, 0.4) is 0 Å². The highest BCUT2D eigenvalue weighted by Crippen LogP contribution is 2.17. The van der Waals surface area contributed by atoms with Gasteiger partial charge in [-0.25, -0.2) is 14.1 Å². The number of nitrogens with one attached hydrogen (secondary N) is 1. The van der Waals surface area contributed by atoms with E-state index in [0.717, 1.165) is 17.8 Å². The average molecular weight is 509 g/mol. The molecule has 0 atom stereocenters. The van der Waals surface area contributed by atoms with Gasteiger partial charge in [-0.05, 0) is 36.8 Å². The van der Waals surface area contributed by atoms with Gasteiger partial charge in [0, 0.05) is 31.9 Å². The molecule has 154 valence electrons. The molecular formula is C21H25FIN5O. The van der Waals surface area contributed by atoms with Crippen molar-refractivity contribution < 1.29 is 9.50 Å². The van der Waals surface area contributed by atoms with Crippen LogP contribution in [0.2, 0.25) is 0 Å². The Bertz CT molecular complexity index is 945. The number of benzene rings is 2. The van der Waals surface area contributed by atoms with E-state index in [4.69, 9.17) is 0 Å². The van der Waals surface area contributed by atoms with E-state index < -0.39 is 5.82 Å². The van der Waals surface area contributed by atoms with E-state index in [1.807, 2.05) is 66.3 Å². The number of hydrogen-bond acceptors (Lipinski definition) is 3. The minimum Gasteiger partial charge on any atom is -0.505 e. The van der Waals surface area contributed by atoms with E-state index in [-0.39, 0.29) is 29.7 Å². The molecular weight excluding hydrogens is 484 g/mol. The van der Waals surface area contributed by atoms with Crippen LogP contribution in [0.1, 0.15) is 18.1 Å². The lowest BCUT2D eigenvalue weighted by atomic mass is 10.2. The summed E-state index contributed by atoms with van der Waals surface area (Å²) >= 11 is 0. The molecule has 0 spiro atoms. The molecule has 0 fully saturated rings. The molecule has 8 heteroatoms. The number of guanidine groups is 1. The second-order valence-electron chi connectivity index (χ2n) is 6.44. The Morgan fingerprint density at radius 2 is 1.97 bits per heavy atom. The van der Waals surface area contributed by atoms with Gasteiger partial charge in [0.2, 0.25) is 0 Å². The quantitative estimate of drug-likeness (QED) is 0.300. The fourth-order valence-corrected chi connectivity index (χ4v) is 2.80. The number of aliphatic imine (C=N–C) groups is 1. The fourth-order valence-electron chi connectivity index (χ4n) is 2.80. The molecule has 0 aliphatic carbocycles. The number of phenols is 1. The largest absolute Gasteiger partial charge is 0.505 e. The first-order valence-corrected chi connectivity index (χ1v) is 9.12. The van der Waals surface area contributed by atoms with Gasteiger partial charge in [0.05, 0.1) is 18.4 Å². The Hall–Kier alpha value is -2.62. The summed E-state index contributed by atoms with van der Waals surface area (Å²) in [5, 5.41) is 17.0. The topological polar surface area (TPSA) is 65.7 Å². The maximum atomic E-state index is 13.5. The minimum atomic E-state index is -0.639. The van der Waals surface area contributed by atoms with Gasteiger partial charge < -0.3 is 15.3 Å². The first-order valence-electron chi connectivity index (χ1n) is 9.12. The third-order valence-corrected chi connectivity index (χ3v) is 4.20. The second kappa shape index (κ2) is 10.8. The summed E-state index contributed by atoms with van der Waals surface area (Å²) in [6.07, 6.45) is 3.83. The standard InChI is InChI=1S/C21H24FN5O.HI/c1-3-23-21(24-12-16-9-10-20(28)19(22)11-16)26(2)14-17-13-25-27(15-17)18-7-5-4-6-8-18;/h4-11,13,15,28H,3,12,14H2,1-2H3,(H,23,24);1H. The Labute approximate surface area is 187 Å². The average Bonchev–Trinajstić information content (AvgIpc) is 3.17. The van der Waals surface area contributed by atoms with Crippen molar-refractivity contribution in [3.63, 3.8) is 0 Å². The lowest BCUT2D eigenvalue weighted by molar-refractivity contribution is 0.432. The predicted molar refractivity (Wildman–Crippen MR) is 123 cm³/mol. The molecule has 2 N–H and O–H groups in total. The lowest BCUT2D eigenvalue weighted by Crippen LogP contribution is -2.38. The van der Waals surface area contributed by atoms with Crippen molar-refractivity contribution in [2.24, 2.45) is 4.99 Å². The molecule has 3 aromatic rings. The Morgan fingerprint density at radius 3 is 2.66 bits per heavy atom. The molecule has 29 heavy (non-hydrogen) atoms. The zero-order chi connectivity index (χ0) is 19.9. The molecule has 0 unspecified atom stereocenters. The molecule has 0 saturated heterocycles. The number of phenolic OH excluding ortho intramolecular Hbond substituents is 1. The van der Waals surface area contributed by atoms with Gasteiger partial charge in [0.25, 0.3) is 0 Å².